The maximum Gasteiger partial charge on any atom is 0.339 e. The van der Waals surface area contributed by atoms with Gasteiger partial charge < -0.3 is 14.8 Å². The Balaban J connectivity index is 2.22. The van der Waals surface area contributed by atoms with Crippen molar-refractivity contribution in [2.24, 2.45) is 0 Å². The summed E-state index contributed by atoms with van der Waals surface area (Å²) in [6, 6.07) is 11.7. The maximum absolute atomic E-state index is 12.4. The van der Waals surface area contributed by atoms with E-state index >= 15 is 0 Å². The van der Waals surface area contributed by atoms with Crippen molar-refractivity contribution in [1.82, 2.24) is 0 Å². The number of carbonyl (C=O) groups is 2. The molecule has 0 aliphatic heterocycles. The van der Waals surface area contributed by atoms with Crippen LogP contribution in [-0.4, -0.2) is 25.1 Å². The van der Waals surface area contributed by atoms with Crippen LogP contribution in [0.25, 0.3) is 0 Å². The first-order valence-electron chi connectivity index (χ1n) is 7.37. The van der Waals surface area contributed by atoms with Crippen LogP contribution in [0.5, 0.6) is 5.75 Å². The van der Waals surface area contributed by atoms with E-state index in [1.807, 2.05) is 13.8 Å². The minimum atomic E-state index is -0.507. The molecule has 0 aliphatic rings. The zero-order valence-electron chi connectivity index (χ0n) is 13.6. The predicted molar refractivity (Wildman–Crippen MR) is 95.6 cm³/mol. The van der Waals surface area contributed by atoms with Crippen molar-refractivity contribution in [3.05, 3.63) is 58.1 Å². The van der Waals surface area contributed by atoms with Crippen molar-refractivity contribution in [2.75, 3.05) is 12.4 Å². The van der Waals surface area contributed by atoms with Gasteiger partial charge in [0, 0.05) is 5.56 Å². The van der Waals surface area contributed by atoms with Gasteiger partial charge in [-0.05, 0) is 60.1 Å². The Hall–Kier alpha value is -2.34. The minimum absolute atomic E-state index is 0.0351. The molecule has 2 aromatic rings. The molecule has 5 nitrogen and oxygen atoms in total. The first-order chi connectivity index (χ1) is 11.4. The number of benzene rings is 2. The van der Waals surface area contributed by atoms with Crippen LogP contribution in [0.4, 0.5) is 5.69 Å². The van der Waals surface area contributed by atoms with E-state index in [0.717, 1.165) is 0 Å². The Morgan fingerprint density at radius 2 is 1.83 bits per heavy atom. The summed E-state index contributed by atoms with van der Waals surface area (Å²) in [5, 5.41) is 2.73. The Morgan fingerprint density at radius 1 is 1.12 bits per heavy atom. The monoisotopic (exact) mass is 391 g/mol. The summed E-state index contributed by atoms with van der Waals surface area (Å²) in [4.78, 5) is 24.2. The fraction of sp³-hybridized carbons (Fsp3) is 0.222. The third-order valence-electron chi connectivity index (χ3n) is 3.14. The molecule has 2 aromatic carbocycles. The van der Waals surface area contributed by atoms with Crippen molar-refractivity contribution < 1.29 is 19.1 Å². The summed E-state index contributed by atoms with van der Waals surface area (Å²) >= 11 is 3.40. The summed E-state index contributed by atoms with van der Waals surface area (Å²) in [6.07, 6.45) is 0.0351. The van der Waals surface area contributed by atoms with Crippen LogP contribution in [-0.2, 0) is 4.74 Å². The van der Waals surface area contributed by atoms with Gasteiger partial charge in [0.05, 0.1) is 28.9 Å². The Labute approximate surface area is 149 Å². The molecule has 126 valence electrons. The Kier molecular flexibility index (Phi) is 5.98. The van der Waals surface area contributed by atoms with E-state index in [1.165, 1.54) is 7.11 Å². The van der Waals surface area contributed by atoms with Crippen LogP contribution in [0.15, 0.2) is 46.9 Å². The topological polar surface area (TPSA) is 64.6 Å². The van der Waals surface area contributed by atoms with E-state index in [1.54, 1.807) is 42.5 Å². The second-order valence-electron chi connectivity index (χ2n) is 5.30. The van der Waals surface area contributed by atoms with E-state index in [9.17, 15) is 9.59 Å². The maximum atomic E-state index is 12.4. The number of esters is 1. The van der Waals surface area contributed by atoms with E-state index in [4.69, 9.17) is 9.47 Å². The largest absolute Gasteiger partial charge is 0.490 e. The first-order valence-corrected chi connectivity index (χ1v) is 8.16. The average molecular weight is 392 g/mol. The molecule has 0 aliphatic carbocycles. The Bertz CT molecular complexity index is 758. The molecule has 0 atom stereocenters. The van der Waals surface area contributed by atoms with Gasteiger partial charge in [-0.15, -0.1) is 0 Å². The normalized spacial score (nSPS) is 10.4. The first kappa shape index (κ1) is 18.0. The molecule has 0 aromatic heterocycles. The minimum Gasteiger partial charge on any atom is -0.490 e. The molecule has 1 N–H and O–H groups in total. The molecule has 0 bridgehead atoms. The summed E-state index contributed by atoms with van der Waals surface area (Å²) in [5.74, 6) is -0.174. The lowest BCUT2D eigenvalue weighted by Crippen LogP contribution is -2.15. The van der Waals surface area contributed by atoms with Gasteiger partial charge in [-0.25, -0.2) is 4.79 Å². The number of anilines is 1. The summed E-state index contributed by atoms with van der Waals surface area (Å²) < 4.78 is 11.0. The SMILES string of the molecule is COC(=O)c1ccccc1NC(=O)c1ccc(OC(C)C)c(Br)c1. The number of carbonyl (C=O) groups excluding carboxylic acids is 2. The predicted octanol–water partition coefficient (Wildman–Crippen LogP) is 4.28. The van der Waals surface area contributed by atoms with Crippen LogP contribution in [0, 0.1) is 0 Å². The van der Waals surface area contributed by atoms with Crippen molar-refractivity contribution in [1.29, 1.82) is 0 Å². The number of amides is 1. The smallest absolute Gasteiger partial charge is 0.339 e. The van der Waals surface area contributed by atoms with Crippen LogP contribution >= 0.6 is 15.9 Å². The van der Waals surface area contributed by atoms with Gasteiger partial charge >= 0.3 is 5.97 Å². The molecule has 2 rings (SSSR count). The molecular formula is C18H18BrNO4. The highest BCUT2D eigenvalue weighted by Crippen LogP contribution is 2.27. The highest BCUT2D eigenvalue weighted by molar-refractivity contribution is 9.10. The number of hydrogen-bond donors (Lipinski definition) is 1. The molecule has 0 spiro atoms. The number of hydrogen-bond acceptors (Lipinski definition) is 4. The van der Waals surface area contributed by atoms with Gasteiger partial charge in [0.2, 0.25) is 0 Å². The number of halogens is 1. The van der Waals surface area contributed by atoms with Gasteiger partial charge in [-0.1, -0.05) is 12.1 Å². The van der Waals surface area contributed by atoms with Gasteiger partial charge in [0.25, 0.3) is 5.91 Å². The second kappa shape index (κ2) is 7.97. The molecule has 6 heteroatoms. The summed E-state index contributed by atoms with van der Waals surface area (Å²) in [5.41, 5.74) is 1.14. The number of para-hydroxylation sites is 1. The zero-order valence-corrected chi connectivity index (χ0v) is 15.2. The fourth-order valence-electron chi connectivity index (χ4n) is 2.07. The van der Waals surface area contributed by atoms with Crippen molar-refractivity contribution >= 4 is 33.5 Å². The van der Waals surface area contributed by atoms with Crippen molar-refractivity contribution in [3.8, 4) is 5.75 Å². The summed E-state index contributed by atoms with van der Waals surface area (Å²) in [7, 11) is 1.30. The van der Waals surface area contributed by atoms with Gasteiger partial charge in [0.15, 0.2) is 0 Å². The average Bonchev–Trinajstić information content (AvgIpc) is 2.56. The molecule has 0 heterocycles. The Morgan fingerprint density at radius 3 is 2.46 bits per heavy atom. The molecule has 0 fully saturated rings. The molecule has 0 saturated heterocycles. The highest BCUT2D eigenvalue weighted by atomic mass is 79.9. The number of methoxy groups -OCH3 is 1. The number of nitrogens with one attached hydrogen (secondary N) is 1. The highest BCUT2D eigenvalue weighted by Gasteiger charge is 2.15. The van der Waals surface area contributed by atoms with Gasteiger partial charge in [-0.2, -0.15) is 0 Å². The molecule has 24 heavy (non-hydrogen) atoms. The van der Waals surface area contributed by atoms with E-state index in [-0.39, 0.29) is 12.0 Å². The van der Waals surface area contributed by atoms with Gasteiger partial charge in [0.1, 0.15) is 5.75 Å². The van der Waals surface area contributed by atoms with Crippen LogP contribution in [0.3, 0.4) is 0 Å². The van der Waals surface area contributed by atoms with E-state index < -0.39 is 5.97 Å². The lowest BCUT2D eigenvalue weighted by Gasteiger charge is -2.13. The van der Waals surface area contributed by atoms with Crippen LogP contribution in [0.1, 0.15) is 34.6 Å². The van der Waals surface area contributed by atoms with E-state index in [2.05, 4.69) is 21.2 Å². The van der Waals surface area contributed by atoms with Crippen molar-refractivity contribution in [2.45, 2.75) is 20.0 Å². The third kappa shape index (κ3) is 4.35. The van der Waals surface area contributed by atoms with Gasteiger partial charge in [-0.3, -0.25) is 4.79 Å². The quantitative estimate of drug-likeness (QED) is 0.772. The standard InChI is InChI=1S/C18H18BrNO4/c1-11(2)24-16-9-8-12(10-14(16)19)17(21)20-15-7-5-4-6-13(15)18(22)23-3/h4-11H,1-3H3,(H,20,21). The van der Waals surface area contributed by atoms with Crippen LogP contribution < -0.4 is 10.1 Å². The second-order valence-corrected chi connectivity index (χ2v) is 6.16. The summed E-state index contributed by atoms with van der Waals surface area (Å²) in [6.45, 7) is 3.85. The lowest BCUT2D eigenvalue weighted by atomic mass is 10.1. The molecule has 0 unspecified atom stereocenters. The lowest BCUT2D eigenvalue weighted by molar-refractivity contribution is 0.0602. The van der Waals surface area contributed by atoms with Crippen molar-refractivity contribution in [3.63, 3.8) is 0 Å². The number of ether oxygens (including phenoxy) is 2. The molecule has 1 amide bonds. The van der Waals surface area contributed by atoms with E-state index in [0.29, 0.717) is 27.0 Å². The fourth-order valence-corrected chi connectivity index (χ4v) is 2.54. The van der Waals surface area contributed by atoms with Crippen LogP contribution in [0.2, 0.25) is 0 Å². The molecule has 0 saturated carbocycles. The zero-order chi connectivity index (χ0) is 17.7. The molecular weight excluding hydrogens is 374 g/mol. The molecule has 0 radical (unpaired) electrons. The number of rotatable bonds is 5. The third-order valence-corrected chi connectivity index (χ3v) is 3.76.